The van der Waals surface area contributed by atoms with Crippen LogP contribution in [0.25, 0.3) is 10.9 Å². The van der Waals surface area contributed by atoms with E-state index < -0.39 is 0 Å². The lowest BCUT2D eigenvalue weighted by Crippen LogP contribution is -2.60. The van der Waals surface area contributed by atoms with Crippen LogP contribution < -0.4 is 5.32 Å². The topological polar surface area (TPSA) is 57.4 Å². The molecule has 5 nitrogen and oxygen atoms in total. The number of aromatic nitrogens is 1. The van der Waals surface area contributed by atoms with Crippen LogP contribution in [0.1, 0.15) is 23.3 Å². The molecular formula is C19H25N3O2S. The number of carbonyl (C=O) groups excluding carboxylic acids is 1. The van der Waals surface area contributed by atoms with E-state index in [-0.39, 0.29) is 11.4 Å². The molecule has 1 amide bonds. The van der Waals surface area contributed by atoms with E-state index in [4.69, 9.17) is 4.74 Å². The van der Waals surface area contributed by atoms with Gasteiger partial charge >= 0.3 is 0 Å². The molecule has 0 aliphatic carbocycles. The summed E-state index contributed by atoms with van der Waals surface area (Å²) >= 11 is 2.02. The van der Waals surface area contributed by atoms with Gasteiger partial charge in [0.25, 0.3) is 5.91 Å². The molecule has 4 rings (SSSR count). The molecule has 6 heteroatoms. The van der Waals surface area contributed by atoms with Crippen molar-refractivity contribution in [2.24, 2.45) is 0 Å². The molecule has 2 fully saturated rings. The van der Waals surface area contributed by atoms with Gasteiger partial charge in [0.05, 0.1) is 13.2 Å². The third kappa shape index (κ3) is 3.57. The van der Waals surface area contributed by atoms with Crippen LogP contribution in [0.4, 0.5) is 0 Å². The largest absolute Gasteiger partial charge is 0.379 e. The number of rotatable bonds is 4. The molecule has 2 N–H and O–H groups in total. The highest BCUT2D eigenvalue weighted by atomic mass is 32.2. The highest BCUT2D eigenvalue weighted by molar-refractivity contribution is 7.99. The average molecular weight is 359 g/mol. The first-order chi connectivity index (χ1) is 12.3. The van der Waals surface area contributed by atoms with Crippen LogP contribution in [-0.4, -0.2) is 65.7 Å². The molecular weight excluding hydrogens is 334 g/mol. The molecule has 134 valence electrons. The van der Waals surface area contributed by atoms with Crippen molar-refractivity contribution in [1.82, 2.24) is 15.2 Å². The summed E-state index contributed by atoms with van der Waals surface area (Å²) in [6, 6.07) is 9.93. The molecule has 2 aromatic rings. The minimum atomic E-state index is -0.0120. The number of hydrogen-bond acceptors (Lipinski definition) is 4. The fourth-order valence-electron chi connectivity index (χ4n) is 3.93. The van der Waals surface area contributed by atoms with Crippen molar-refractivity contribution < 1.29 is 9.53 Å². The number of fused-ring (bicyclic) bond motifs is 1. The van der Waals surface area contributed by atoms with Crippen molar-refractivity contribution in [3.05, 3.63) is 36.0 Å². The van der Waals surface area contributed by atoms with Gasteiger partial charge in [0.1, 0.15) is 5.69 Å². The third-order valence-electron chi connectivity index (χ3n) is 5.46. The van der Waals surface area contributed by atoms with Crippen molar-refractivity contribution in [3.63, 3.8) is 0 Å². The van der Waals surface area contributed by atoms with Gasteiger partial charge < -0.3 is 15.0 Å². The normalized spacial score (nSPS) is 21.3. The van der Waals surface area contributed by atoms with E-state index in [1.165, 1.54) is 11.5 Å². The van der Waals surface area contributed by atoms with Crippen LogP contribution in [-0.2, 0) is 4.74 Å². The maximum Gasteiger partial charge on any atom is 0.267 e. The van der Waals surface area contributed by atoms with Gasteiger partial charge in [-0.05, 0) is 36.5 Å². The summed E-state index contributed by atoms with van der Waals surface area (Å²) in [4.78, 5) is 18.5. The van der Waals surface area contributed by atoms with E-state index in [0.717, 1.165) is 50.0 Å². The zero-order valence-corrected chi connectivity index (χ0v) is 15.2. The number of hydrogen-bond donors (Lipinski definition) is 2. The van der Waals surface area contributed by atoms with Crippen molar-refractivity contribution >= 4 is 28.6 Å². The number of thioether (sulfide) groups is 1. The van der Waals surface area contributed by atoms with Gasteiger partial charge in [-0.15, -0.1) is 0 Å². The standard InChI is InChI=1S/C19H25N3O2S/c23-18(17-13-15-3-1-2-4-16(15)21-17)20-14-19(5-11-25-12-6-19)22-7-9-24-10-8-22/h1-4,13,21H,5-12,14H2,(H,20,23). The predicted octanol–water partition coefficient (Wildman–Crippen LogP) is 2.50. The van der Waals surface area contributed by atoms with Crippen LogP contribution in [0.3, 0.4) is 0 Å². The van der Waals surface area contributed by atoms with Gasteiger partial charge in [0.2, 0.25) is 0 Å². The fourth-order valence-corrected chi connectivity index (χ4v) is 5.18. The Kier molecular flexibility index (Phi) is 5.01. The van der Waals surface area contributed by atoms with Crippen LogP contribution in [0.2, 0.25) is 0 Å². The molecule has 2 aliphatic rings. The molecule has 0 radical (unpaired) electrons. The third-order valence-corrected chi connectivity index (χ3v) is 6.44. The van der Waals surface area contributed by atoms with E-state index in [9.17, 15) is 4.79 Å². The summed E-state index contributed by atoms with van der Waals surface area (Å²) in [6.45, 7) is 4.23. The van der Waals surface area contributed by atoms with Gasteiger partial charge in [0, 0.05) is 36.1 Å². The zero-order valence-electron chi connectivity index (χ0n) is 14.4. The highest BCUT2D eigenvalue weighted by Gasteiger charge is 2.39. The first kappa shape index (κ1) is 16.9. The number of nitrogens with zero attached hydrogens (tertiary/aromatic N) is 1. The van der Waals surface area contributed by atoms with Crippen LogP contribution in [0.15, 0.2) is 30.3 Å². The number of morpholine rings is 1. The maximum atomic E-state index is 12.7. The highest BCUT2D eigenvalue weighted by Crippen LogP contribution is 2.32. The maximum absolute atomic E-state index is 12.7. The molecule has 2 aliphatic heterocycles. The predicted molar refractivity (Wildman–Crippen MR) is 102 cm³/mol. The molecule has 1 aromatic heterocycles. The molecule has 0 bridgehead atoms. The van der Waals surface area contributed by atoms with E-state index >= 15 is 0 Å². The summed E-state index contributed by atoms with van der Waals surface area (Å²) in [5.41, 5.74) is 1.73. The molecule has 3 heterocycles. The minimum absolute atomic E-state index is 0.0120. The van der Waals surface area contributed by atoms with E-state index in [1.807, 2.05) is 42.1 Å². The Morgan fingerprint density at radius 3 is 2.76 bits per heavy atom. The van der Waals surface area contributed by atoms with Crippen LogP contribution in [0.5, 0.6) is 0 Å². The van der Waals surface area contributed by atoms with Gasteiger partial charge in [-0.1, -0.05) is 18.2 Å². The summed E-state index contributed by atoms with van der Waals surface area (Å²) in [6.07, 6.45) is 2.26. The number of carbonyl (C=O) groups is 1. The molecule has 0 unspecified atom stereocenters. The van der Waals surface area contributed by atoms with Crippen molar-refractivity contribution in [2.75, 3.05) is 44.4 Å². The lowest BCUT2D eigenvalue weighted by atomic mass is 9.89. The smallest absolute Gasteiger partial charge is 0.267 e. The molecule has 1 aromatic carbocycles. The monoisotopic (exact) mass is 359 g/mol. The Balaban J connectivity index is 1.47. The minimum Gasteiger partial charge on any atom is -0.379 e. The van der Waals surface area contributed by atoms with Gasteiger partial charge in [-0.25, -0.2) is 0 Å². The quantitative estimate of drug-likeness (QED) is 0.881. The molecule has 2 saturated heterocycles. The van der Waals surface area contributed by atoms with Crippen LogP contribution in [0, 0.1) is 0 Å². The Morgan fingerprint density at radius 1 is 1.24 bits per heavy atom. The van der Waals surface area contributed by atoms with Gasteiger partial charge in [-0.2, -0.15) is 11.8 Å². The Morgan fingerprint density at radius 2 is 2.00 bits per heavy atom. The number of ether oxygens (including phenoxy) is 1. The average Bonchev–Trinajstić information content (AvgIpc) is 3.12. The lowest BCUT2D eigenvalue weighted by molar-refractivity contribution is -0.0255. The second-order valence-corrected chi connectivity index (χ2v) is 8.11. The molecule has 0 spiro atoms. The van der Waals surface area contributed by atoms with Crippen molar-refractivity contribution in [2.45, 2.75) is 18.4 Å². The summed E-state index contributed by atoms with van der Waals surface area (Å²) in [5, 5.41) is 4.28. The second-order valence-electron chi connectivity index (χ2n) is 6.89. The Labute approximate surface area is 152 Å². The zero-order chi connectivity index (χ0) is 17.1. The molecule has 0 saturated carbocycles. The fraction of sp³-hybridized carbons (Fsp3) is 0.526. The second kappa shape index (κ2) is 7.40. The number of nitrogens with one attached hydrogen (secondary N) is 2. The summed E-state index contributed by atoms with van der Waals surface area (Å²) in [5.74, 6) is 2.32. The Hall–Kier alpha value is -1.50. The number of amides is 1. The number of para-hydroxylation sites is 1. The Bertz CT molecular complexity index is 700. The number of H-pyrrole nitrogens is 1. The van der Waals surface area contributed by atoms with Crippen molar-refractivity contribution in [3.8, 4) is 0 Å². The lowest BCUT2D eigenvalue weighted by Gasteiger charge is -2.48. The van der Waals surface area contributed by atoms with Gasteiger partial charge in [-0.3, -0.25) is 9.69 Å². The molecule has 25 heavy (non-hydrogen) atoms. The summed E-state index contributed by atoms with van der Waals surface area (Å²) in [7, 11) is 0. The van der Waals surface area contributed by atoms with E-state index in [1.54, 1.807) is 0 Å². The number of aromatic amines is 1. The first-order valence-corrected chi connectivity index (χ1v) is 10.2. The summed E-state index contributed by atoms with van der Waals surface area (Å²) < 4.78 is 5.52. The van der Waals surface area contributed by atoms with E-state index in [2.05, 4.69) is 15.2 Å². The SMILES string of the molecule is O=C(NCC1(N2CCOCC2)CCSCC1)c1cc2ccccc2[nH]1. The van der Waals surface area contributed by atoms with E-state index in [0.29, 0.717) is 12.2 Å². The van der Waals surface area contributed by atoms with Gasteiger partial charge in [0.15, 0.2) is 0 Å². The first-order valence-electron chi connectivity index (χ1n) is 9.03. The van der Waals surface area contributed by atoms with Crippen molar-refractivity contribution in [1.29, 1.82) is 0 Å². The molecule has 0 atom stereocenters. The van der Waals surface area contributed by atoms with Crippen LogP contribution >= 0.6 is 11.8 Å². The number of benzene rings is 1.